The van der Waals surface area contributed by atoms with Gasteiger partial charge < -0.3 is 14.8 Å². The van der Waals surface area contributed by atoms with Crippen molar-refractivity contribution in [3.8, 4) is 0 Å². The summed E-state index contributed by atoms with van der Waals surface area (Å²) in [5, 5.41) is 4.82. The van der Waals surface area contributed by atoms with E-state index in [0.717, 1.165) is 41.0 Å². The van der Waals surface area contributed by atoms with Crippen molar-refractivity contribution >= 4 is 61.2 Å². The van der Waals surface area contributed by atoms with E-state index in [1.54, 1.807) is 18.4 Å². The second kappa shape index (κ2) is 11.7. The summed E-state index contributed by atoms with van der Waals surface area (Å²) in [6, 6.07) is 8.83. The number of ether oxygens (including phenoxy) is 2. The Bertz CT molecular complexity index is 1430. The van der Waals surface area contributed by atoms with E-state index in [0.29, 0.717) is 16.5 Å². The number of fused-ring (bicyclic) bond motifs is 1. The lowest BCUT2D eigenvalue weighted by molar-refractivity contribution is -0.123. The maximum atomic E-state index is 12.9. The van der Waals surface area contributed by atoms with Gasteiger partial charge in [-0.05, 0) is 80.3 Å². The number of carbonyl (C=O) groups excluding carboxylic acids is 3. The highest BCUT2D eigenvalue weighted by Crippen LogP contribution is 2.40. The average Bonchev–Trinajstić information content (AvgIpc) is 3.53. The molecule has 0 bridgehead atoms. The molecule has 2 aromatic heterocycles. The van der Waals surface area contributed by atoms with Crippen molar-refractivity contribution in [3.05, 3.63) is 63.3 Å². The number of sulfonamides is 1. The molecule has 0 saturated carbocycles. The monoisotopic (exact) mass is 576 g/mol. The maximum Gasteiger partial charge on any atom is 0.341 e. The second-order valence-corrected chi connectivity index (χ2v) is 12.9. The Morgan fingerprint density at radius 1 is 1.13 bits per heavy atom. The number of carbonyl (C=O) groups is 3. The van der Waals surface area contributed by atoms with Crippen LogP contribution in [0.4, 0.5) is 10.7 Å². The molecule has 3 aromatic rings. The molecule has 1 aliphatic rings. The van der Waals surface area contributed by atoms with Crippen molar-refractivity contribution in [1.29, 1.82) is 0 Å². The quantitative estimate of drug-likeness (QED) is 0.339. The summed E-state index contributed by atoms with van der Waals surface area (Å²) in [6.45, 7) is 5.54. The second-order valence-electron chi connectivity index (χ2n) is 8.93. The van der Waals surface area contributed by atoms with Gasteiger partial charge >= 0.3 is 11.9 Å². The SMILES string of the molecule is CCOC(=O)c1c(NC(=O)[C@H](C)OC(=O)c2ccc(NS(=O)(=O)c3cccs3)cc2)sc2c1CC[C@H](C)C2. The van der Waals surface area contributed by atoms with Gasteiger partial charge in [0.15, 0.2) is 6.10 Å². The molecule has 0 aliphatic heterocycles. The molecule has 1 aliphatic carbocycles. The molecule has 9 nitrogen and oxygen atoms in total. The summed E-state index contributed by atoms with van der Waals surface area (Å²) in [5.74, 6) is -1.31. The third kappa shape index (κ3) is 6.25. The standard InChI is InChI=1S/C26H28N2O7S3/c1-4-34-26(31)22-19-12-7-15(2)14-20(19)37-24(22)27-23(29)16(3)35-25(30)17-8-10-18(11-9-17)28-38(32,33)21-6-5-13-36-21/h5-6,8-11,13,15-16,28H,4,7,12,14H2,1-3H3,(H,27,29)/t15-,16-/m0/s1. The third-order valence-corrected chi connectivity index (χ3v) is 9.96. The van der Waals surface area contributed by atoms with Crippen LogP contribution in [0.2, 0.25) is 0 Å². The van der Waals surface area contributed by atoms with E-state index in [1.165, 1.54) is 48.6 Å². The number of hydrogen-bond donors (Lipinski definition) is 2. The van der Waals surface area contributed by atoms with Gasteiger partial charge in [-0.25, -0.2) is 18.0 Å². The first-order valence-electron chi connectivity index (χ1n) is 12.1. The van der Waals surface area contributed by atoms with Gasteiger partial charge in [-0.1, -0.05) is 13.0 Å². The van der Waals surface area contributed by atoms with E-state index in [4.69, 9.17) is 9.47 Å². The Morgan fingerprint density at radius 2 is 1.87 bits per heavy atom. The lowest BCUT2D eigenvalue weighted by Gasteiger charge is -2.18. The Kier molecular flexibility index (Phi) is 8.54. The fraction of sp³-hybridized carbons (Fsp3) is 0.346. The van der Waals surface area contributed by atoms with Crippen molar-refractivity contribution in [2.45, 2.75) is 50.3 Å². The molecule has 1 amide bonds. The fourth-order valence-electron chi connectivity index (χ4n) is 4.05. The smallest absolute Gasteiger partial charge is 0.341 e. The van der Waals surface area contributed by atoms with Gasteiger partial charge in [-0.2, -0.15) is 0 Å². The van der Waals surface area contributed by atoms with Crippen LogP contribution in [0.3, 0.4) is 0 Å². The first kappa shape index (κ1) is 27.8. The summed E-state index contributed by atoms with van der Waals surface area (Å²) in [6.07, 6.45) is 1.37. The topological polar surface area (TPSA) is 128 Å². The Labute approximate surface area is 229 Å². The average molecular weight is 577 g/mol. The number of amides is 1. The minimum Gasteiger partial charge on any atom is -0.462 e. The molecule has 38 heavy (non-hydrogen) atoms. The number of hydrogen-bond acceptors (Lipinski definition) is 9. The number of thiophene rings is 2. The van der Waals surface area contributed by atoms with E-state index in [9.17, 15) is 22.8 Å². The van der Waals surface area contributed by atoms with Gasteiger partial charge in [0, 0.05) is 10.6 Å². The van der Waals surface area contributed by atoms with Gasteiger partial charge in [0.1, 0.15) is 9.21 Å². The predicted octanol–water partition coefficient (Wildman–Crippen LogP) is 5.10. The zero-order valence-corrected chi connectivity index (χ0v) is 23.6. The number of anilines is 2. The van der Waals surface area contributed by atoms with Crippen LogP contribution < -0.4 is 10.0 Å². The van der Waals surface area contributed by atoms with Crippen molar-refractivity contribution in [2.24, 2.45) is 5.92 Å². The van der Waals surface area contributed by atoms with E-state index in [-0.39, 0.29) is 22.1 Å². The summed E-state index contributed by atoms with van der Waals surface area (Å²) in [5.41, 5.74) is 1.73. The first-order valence-corrected chi connectivity index (χ1v) is 15.3. The lowest BCUT2D eigenvalue weighted by Crippen LogP contribution is -2.30. The maximum absolute atomic E-state index is 12.9. The Hall–Kier alpha value is -3.22. The van der Waals surface area contributed by atoms with Gasteiger partial charge in [-0.3, -0.25) is 9.52 Å². The minimum absolute atomic E-state index is 0.150. The molecule has 0 saturated heterocycles. The van der Waals surface area contributed by atoms with Crippen molar-refractivity contribution in [3.63, 3.8) is 0 Å². The van der Waals surface area contributed by atoms with E-state index in [1.807, 2.05) is 0 Å². The predicted molar refractivity (Wildman–Crippen MR) is 147 cm³/mol. The lowest BCUT2D eigenvalue weighted by atomic mass is 9.88. The molecule has 202 valence electrons. The number of esters is 2. The Morgan fingerprint density at radius 3 is 2.53 bits per heavy atom. The van der Waals surface area contributed by atoms with Gasteiger partial charge in [0.2, 0.25) is 0 Å². The normalized spacial score (nSPS) is 15.7. The van der Waals surface area contributed by atoms with E-state index in [2.05, 4.69) is 17.0 Å². The highest BCUT2D eigenvalue weighted by Gasteiger charge is 2.30. The van der Waals surface area contributed by atoms with Crippen LogP contribution in [0.1, 0.15) is 58.3 Å². The van der Waals surface area contributed by atoms with E-state index >= 15 is 0 Å². The number of rotatable bonds is 9. The van der Waals surface area contributed by atoms with E-state index < -0.39 is 34.0 Å². The summed E-state index contributed by atoms with van der Waals surface area (Å²) in [7, 11) is -3.71. The Balaban J connectivity index is 1.41. The van der Waals surface area contributed by atoms with Crippen LogP contribution in [-0.2, 0) is 37.1 Å². The molecule has 2 atom stereocenters. The molecule has 0 spiro atoms. The molecule has 2 heterocycles. The first-order chi connectivity index (χ1) is 18.1. The third-order valence-electron chi connectivity index (χ3n) is 6.01. The molecule has 1 aromatic carbocycles. The van der Waals surface area contributed by atoms with Gasteiger partial charge in [-0.15, -0.1) is 22.7 Å². The fourth-order valence-corrected chi connectivity index (χ4v) is 7.50. The number of nitrogens with one attached hydrogen (secondary N) is 2. The summed E-state index contributed by atoms with van der Waals surface area (Å²) >= 11 is 2.45. The molecule has 4 rings (SSSR count). The molecular formula is C26H28N2O7S3. The zero-order chi connectivity index (χ0) is 27.4. The largest absolute Gasteiger partial charge is 0.462 e. The molecule has 0 radical (unpaired) electrons. The summed E-state index contributed by atoms with van der Waals surface area (Å²) in [4.78, 5) is 39.3. The molecular weight excluding hydrogens is 548 g/mol. The van der Waals surface area contributed by atoms with Gasteiger partial charge in [0.05, 0.1) is 17.7 Å². The van der Waals surface area contributed by atoms with Crippen LogP contribution >= 0.6 is 22.7 Å². The van der Waals surface area contributed by atoms with Crippen LogP contribution in [0.15, 0.2) is 46.0 Å². The van der Waals surface area contributed by atoms with Crippen molar-refractivity contribution in [1.82, 2.24) is 0 Å². The molecule has 0 fully saturated rings. The molecule has 2 N–H and O–H groups in total. The highest BCUT2D eigenvalue weighted by molar-refractivity contribution is 7.94. The van der Waals surface area contributed by atoms with Gasteiger partial charge in [0.25, 0.3) is 15.9 Å². The van der Waals surface area contributed by atoms with Crippen LogP contribution in [0.5, 0.6) is 0 Å². The minimum atomic E-state index is -3.71. The molecule has 12 heteroatoms. The summed E-state index contributed by atoms with van der Waals surface area (Å²) < 4.78 is 37.9. The number of benzene rings is 1. The highest BCUT2D eigenvalue weighted by atomic mass is 32.2. The van der Waals surface area contributed by atoms with Crippen LogP contribution in [-0.4, -0.2) is 39.0 Å². The van der Waals surface area contributed by atoms with Crippen molar-refractivity contribution < 1.29 is 32.3 Å². The zero-order valence-electron chi connectivity index (χ0n) is 21.1. The van der Waals surface area contributed by atoms with Crippen LogP contribution in [0.25, 0.3) is 0 Å². The van der Waals surface area contributed by atoms with Crippen molar-refractivity contribution in [2.75, 3.05) is 16.6 Å². The molecule has 0 unspecified atom stereocenters. The van der Waals surface area contributed by atoms with Crippen LogP contribution in [0, 0.1) is 5.92 Å².